The van der Waals surface area contributed by atoms with Crippen molar-refractivity contribution in [2.45, 2.75) is 13.2 Å². The van der Waals surface area contributed by atoms with E-state index in [1.54, 1.807) is 12.4 Å². The first-order chi connectivity index (χ1) is 12.9. The number of pyridine rings is 2. The lowest BCUT2D eigenvalue weighted by atomic mass is 10.2. The van der Waals surface area contributed by atoms with Crippen molar-refractivity contribution >= 4 is 0 Å². The average molecular weight is 342 g/mol. The van der Waals surface area contributed by atoms with Crippen LogP contribution in [-0.4, -0.2) is 19.5 Å². The van der Waals surface area contributed by atoms with Gasteiger partial charge in [-0.3, -0.25) is 9.97 Å². The normalized spacial score (nSPS) is 10.6. The number of hydrogen-bond acceptors (Lipinski definition) is 4. The molecular weight excluding hydrogens is 324 g/mol. The zero-order valence-electron chi connectivity index (χ0n) is 14.2. The third-order valence-corrected chi connectivity index (χ3v) is 4.00. The van der Waals surface area contributed by atoms with Gasteiger partial charge < -0.3 is 9.30 Å². The second-order valence-corrected chi connectivity index (χ2v) is 5.88. The Morgan fingerprint density at radius 2 is 1.88 bits per heavy atom. The maximum Gasteiger partial charge on any atom is 0.140 e. The minimum absolute atomic E-state index is 0.439. The molecular formula is C21H18N4O. The molecule has 3 heterocycles. The molecule has 4 aromatic rings. The van der Waals surface area contributed by atoms with Crippen LogP contribution in [0.25, 0.3) is 11.4 Å². The van der Waals surface area contributed by atoms with Crippen LogP contribution in [0.2, 0.25) is 0 Å². The van der Waals surface area contributed by atoms with Gasteiger partial charge in [0.25, 0.3) is 0 Å². The van der Waals surface area contributed by atoms with E-state index in [2.05, 4.69) is 25.6 Å². The molecule has 4 rings (SSSR count). The average Bonchev–Trinajstić information content (AvgIpc) is 3.16. The molecule has 0 aliphatic carbocycles. The van der Waals surface area contributed by atoms with Crippen molar-refractivity contribution in [3.63, 3.8) is 0 Å². The Labute approximate surface area is 152 Å². The van der Waals surface area contributed by atoms with E-state index < -0.39 is 0 Å². The van der Waals surface area contributed by atoms with Gasteiger partial charge >= 0.3 is 0 Å². The summed E-state index contributed by atoms with van der Waals surface area (Å²) < 4.78 is 7.99. The summed E-state index contributed by atoms with van der Waals surface area (Å²) in [5, 5.41) is 0. The maximum absolute atomic E-state index is 5.88. The Morgan fingerprint density at radius 3 is 2.73 bits per heavy atom. The number of ether oxygens (including phenoxy) is 1. The summed E-state index contributed by atoms with van der Waals surface area (Å²) in [4.78, 5) is 13.0. The molecule has 0 atom stereocenters. The van der Waals surface area contributed by atoms with Crippen LogP contribution in [0.3, 0.4) is 0 Å². The van der Waals surface area contributed by atoms with Crippen molar-refractivity contribution < 1.29 is 4.74 Å². The molecule has 0 fully saturated rings. The molecule has 0 radical (unpaired) electrons. The minimum Gasteiger partial charge on any atom is -0.487 e. The summed E-state index contributed by atoms with van der Waals surface area (Å²) in [6, 6.07) is 17.8. The molecule has 26 heavy (non-hydrogen) atoms. The van der Waals surface area contributed by atoms with Crippen LogP contribution >= 0.6 is 0 Å². The van der Waals surface area contributed by atoms with Crippen molar-refractivity contribution in [2.24, 2.45) is 0 Å². The fraction of sp³-hybridized carbons (Fsp3) is 0.0952. The van der Waals surface area contributed by atoms with Crippen LogP contribution in [0.5, 0.6) is 5.75 Å². The van der Waals surface area contributed by atoms with E-state index in [1.165, 1.54) is 0 Å². The SMILES string of the molecule is c1ccc(COc2cccc(-c3nccn3Cc3cccnc3)c2)nc1. The number of nitrogens with zero attached hydrogens (tertiary/aromatic N) is 4. The monoisotopic (exact) mass is 342 g/mol. The number of rotatable bonds is 6. The van der Waals surface area contributed by atoms with Gasteiger partial charge in [-0.25, -0.2) is 4.98 Å². The molecule has 5 nitrogen and oxygen atoms in total. The lowest BCUT2D eigenvalue weighted by molar-refractivity contribution is 0.301. The Bertz CT molecular complexity index is 967. The van der Waals surface area contributed by atoms with Crippen LogP contribution in [0.1, 0.15) is 11.3 Å². The molecule has 0 aliphatic heterocycles. The second kappa shape index (κ2) is 7.61. The Balaban J connectivity index is 1.53. The first-order valence-corrected chi connectivity index (χ1v) is 8.42. The molecule has 0 amide bonds. The molecule has 3 aromatic heterocycles. The topological polar surface area (TPSA) is 52.8 Å². The highest BCUT2D eigenvalue weighted by atomic mass is 16.5. The van der Waals surface area contributed by atoms with Crippen molar-refractivity contribution in [1.29, 1.82) is 0 Å². The molecule has 0 saturated heterocycles. The Hall–Kier alpha value is -3.47. The van der Waals surface area contributed by atoms with E-state index in [0.717, 1.165) is 34.9 Å². The largest absolute Gasteiger partial charge is 0.487 e. The first kappa shape index (κ1) is 16.0. The van der Waals surface area contributed by atoms with Gasteiger partial charge in [-0.2, -0.15) is 0 Å². The molecule has 0 spiro atoms. The van der Waals surface area contributed by atoms with Gasteiger partial charge in [0, 0.05) is 36.5 Å². The molecule has 5 heteroatoms. The molecule has 0 saturated carbocycles. The van der Waals surface area contributed by atoms with E-state index in [4.69, 9.17) is 4.74 Å². The van der Waals surface area contributed by atoms with Crippen LogP contribution < -0.4 is 4.74 Å². The van der Waals surface area contributed by atoms with Crippen LogP contribution in [0.15, 0.2) is 85.6 Å². The van der Waals surface area contributed by atoms with Crippen LogP contribution in [-0.2, 0) is 13.2 Å². The summed E-state index contributed by atoms with van der Waals surface area (Å²) in [5.74, 6) is 1.70. The lowest BCUT2D eigenvalue weighted by Crippen LogP contribution is -2.02. The smallest absolute Gasteiger partial charge is 0.140 e. The van der Waals surface area contributed by atoms with Crippen molar-refractivity contribution in [1.82, 2.24) is 19.5 Å². The highest BCUT2D eigenvalue weighted by Gasteiger charge is 2.08. The van der Waals surface area contributed by atoms with Crippen molar-refractivity contribution in [3.05, 3.63) is 96.8 Å². The van der Waals surface area contributed by atoms with Gasteiger partial charge in [0.05, 0.1) is 12.2 Å². The molecule has 128 valence electrons. The van der Waals surface area contributed by atoms with Crippen molar-refractivity contribution in [3.8, 4) is 17.1 Å². The third kappa shape index (κ3) is 3.78. The third-order valence-electron chi connectivity index (χ3n) is 4.00. The molecule has 0 unspecified atom stereocenters. The molecule has 1 aromatic carbocycles. The number of imidazole rings is 1. The summed E-state index contributed by atoms with van der Waals surface area (Å²) in [5.41, 5.74) is 3.04. The zero-order chi connectivity index (χ0) is 17.6. The summed E-state index contributed by atoms with van der Waals surface area (Å²) in [7, 11) is 0. The Morgan fingerprint density at radius 1 is 0.885 bits per heavy atom. The van der Waals surface area contributed by atoms with E-state index in [1.807, 2.05) is 67.1 Å². The first-order valence-electron chi connectivity index (χ1n) is 8.42. The maximum atomic E-state index is 5.88. The molecule has 0 aliphatic rings. The number of aromatic nitrogens is 4. The van der Waals surface area contributed by atoms with E-state index >= 15 is 0 Å². The fourth-order valence-corrected chi connectivity index (χ4v) is 2.75. The standard InChI is InChI=1S/C21H18N4O/c1-2-10-23-19(7-1)16-26-20-8-3-6-18(13-20)21-24-11-12-25(21)15-17-5-4-9-22-14-17/h1-14H,15-16H2. The van der Waals surface area contributed by atoms with Gasteiger partial charge in [-0.1, -0.05) is 24.3 Å². The van der Waals surface area contributed by atoms with Gasteiger partial charge in [0.2, 0.25) is 0 Å². The Kier molecular flexibility index (Phi) is 4.69. The second-order valence-electron chi connectivity index (χ2n) is 5.88. The minimum atomic E-state index is 0.439. The summed E-state index contributed by atoms with van der Waals surface area (Å²) >= 11 is 0. The number of benzene rings is 1. The van der Waals surface area contributed by atoms with Crippen LogP contribution in [0, 0.1) is 0 Å². The van der Waals surface area contributed by atoms with Gasteiger partial charge in [0.1, 0.15) is 18.2 Å². The van der Waals surface area contributed by atoms with Gasteiger partial charge in [-0.15, -0.1) is 0 Å². The van der Waals surface area contributed by atoms with Crippen LogP contribution in [0.4, 0.5) is 0 Å². The highest BCUT2D eigenvalue weighted by Crippen LogP contribution is 2.23. The molecule has 0 N–H and O–H groups in total. The summed E-state index contributed by atoms with van der Waals surface area (Å²) in [6.45, 7) is 1.16. The quantitative estimate of drug-likeness (QED) is 0.532. The number of hydrogen-bond donors (Lipinski definition) is 0. The fourth-order valence-electron chi connectivity index (χ4n) is 2.75. The van der Waals surface area contributed by atoms with E-state index in [9.17, 15) is 0 Å². The predicted molar refractivity (Wildman–Crippen MR) is 99.6 cm³/mol. The lowest BCUT2D eigenvalue weighted by Gasteiger charge is -2.10. The van der Waals surface area contributed by atoms with Gasteiger partial charge in [0.15, 0.2) is 0 Å². The highest BCUT2D eigenvalue weighted by molar-refractivity contribution is 5.58. The predicted octanol–water partition coefficient (Wildman–Crippen LogP) is 3.97. The zero-order valence-corrected chi connectivity index (χ0v) is 14.2. The van der Waals surface area contributed by atoms with E-state index in [-0.39, 0.29) is 0 Å². The summed E-state index contributed by atoms with van der Waals surface area (Å²) in [6.07, 6.45) is 9.21. The van der Waals surface area contributed by atoms with E-state index in [0.29, 0.717) is 6.61 Å². The van der Waals surface area contributed by atoms with Crippen molar-refractivity contribution in [2.75, 3.05) is 0 Å². The van der Waals surface area contributed by atoms with Gasteiger partial charge in [-0.05, 0) is 35.9 Å². The molecule has 0 bridgehead atoms.